The number of imidazole rings is 1. The second-order valence-corrected chi connectivity index (χ2v) is 5.60. The number of halogens is 1. The first-order chi connectivity index (χ1) is 8.25. The summed E-state index contributed by atoms with van der Waals surface area (Å²) in [6.07, 6.45) is 2.39. The molecule has 90 valence electrons. The molecule has 3 rings (SSSR count). The maximum atomic E-state index is 4.80. The van der Waals surface area contributed by atoms with Crippen molar-refractivity contribution in [2.75, 3.05) is 13.1 Å². The van der Waals surface area contributed by atoms with E-state index < -0.39 is 0 Å². The van der Waals surface area contributed by atoms with Crippen LogP contribution in [0, 0.1) is 0 Å². The van der Waals surface area contributed by atoms with E-state index in [2.05, 4.69) is 51.1 Å². The smallest absolute Gasteiger partial charge is 0.112 e. The first-order valence-corrected chi connectivity index (χ1v) is 6.87. The number of piperidine rings is 1. The maximum Gasteiger partial charge on any atom is 0.112 e. The van der Waals surface area contributed by atoms with Crippen molar-refractivity contribution in [1.82, 2.24) is 14.9 Å². The lowest BCUT2D eigenvalue weighted by Gasteiger charge is -2.22. The SMILES string of the molecule is Cn1c(C2CCNCC2)nc2cc(Br)ccc21. The molecule has 2 aromatic rings. The van der Waals surface area contributed by atoms with Crippen molar-refractivity contribution < 1.29 is 0 Å². The van der Waals surface area contributed by atoms with Gasteiger partial charge in [0.25, 0.3) is 0 Å². The monoisotopic (exact) mass is 293 g/mol. The van der Waals surface area contributed by atoms with Crippen LogP contribution in [-0.4, -0.2) is 22.6 Å². The highest BCUT2D eigenvalue weighted by Gasteiger charge is 2.20. The third kappa shape index (κ3) is 2.00. The summed E-state index contributed by atoms with van der Waals surface area (Å²) in [6.45, 7) is 2.22. The fraction of sp³-hybridized carbons (Fsp3) is 0.462. The molecule has 0 spiro atoms. The van der Waals surface area contributed by atoms with Gasteiger partial charge in [-0.3, -0.25) is 0 Å². The van der Waals surface area contributed by atoms with Crippen LogP contribution in [0.25, 0.3) is 11.0 Å². The Hall–Kier alpha value is -0.870. The molecule has 0 bridgehead atoms. The van der Waals surface area contributed by atoms with Crippen molar-refractivity contribution in [2.24, 2.45) is 7.05 Å². The van der Waals surface area contributed by atoms with Gasteiger partial charge in [0.05, 0.1) is 11.0 Å². The van der Waals surface area contributed by atoms with Crippen LogP contribution in [0.3, 0.4) is 0 Å². The van der Waals surface area contributed by atoms with E-state index in [-0.39, 0.29) is 0 Å². The van der Waals surface area contributed by atoms with Crippen LogP contribution in [0.5, 0.6) is 0 Å². The fourth-order valence-corrected chi connectivity index (χ4v) is 2.99. The lowest BCUT2D eigenvalue weighted by Crippen LogP contribution is -2.27. The molecule has 1 fully saturated rings. The van der Waals surface area contributed by atoms with Gasteiger partial charge in [-0.05, 0) is 44.1 Å². The van der Waals surface area contributed by atoms with E-state index in [1.165, 1.54) is 24.2 Å². The molecule has 2 heterocycles. The van der Waals surface area contributed by atoms with Gasteiger partial charge in [-0.25, -0.2) is 4.98 Å². The van der Waals surface area contributed by atoms with Crippen molar-refractivity contribution in [3.63, 3.8) is 0 Å². The van der Waals surface area contributed by atoms with Crippen molar-refractivity contribution in [3.05, 3.63) is 28.5 Å². The number of nitrogens with one attached hydrogen (secondary N) is 1. The summed E-state index contributed by atoms with van der Waals surface area (Å²) in [5.41, 5.74) is 2.32. The minimum Gasteiger partial charge on any atom is -0.331 e. The normalized spacial score (nSPS) is 17.8. The van der Waals surface area contributed by atoms with Gasteiger partial charge in [0, 0.05) is 17.4 Å². The van der Waals surface area contributed by atoms with Crippen LogP contribution in [0.1, 0.15) is 24.6 Å². The van der Waals surface area contributed by atoms with E-state index in [0.29, 0.717) is 5.92 Å². The minimum atomic E-state index is 0.604. The molecule has 0 aliphatic carbocycles. The molecule has 1 aliphatic rings. The van der Waals surface area contributed by atoms with Crippen molar-refractivity contribution in [2.45, 2.75) is 18.8 Å². The number of hydrogen-bond acceptors (Lipinski definition) is 2. The molecule has 1 N–H and O–H groups in total. The maximum absolute atomic E-state index is 4.80. The van der Waals surface area contributed by atoms with Gasteiger partial charge in [-0.15, -0.1) is 0 Å². The summed E-state index contributed by atoms with van der Waals surface area (Å²) in [5, 5.41) is 3.40. The highest BCUT2D eigenvalue weighted by Crippen LogP contribution is 2.28. The Balaban J connectivity index is 2.07. The van der Waals surface area contributed by atoms with Gasteiger partial charge in [0.1, 0.15) is 5.82 Å². The van der Waals surface area contributed by atoms with Crippen molar-refractivity contribution >= 4 is 27.0 Å². The molecule has 1 saturated heterocycles. The molecule has 0 saturated carbocycles. The number of fused-ring (bicyclic) bond motifs is 1. The predicted molar refractivity (Wildman–Crippen MR) is 73.3 cm³/mol. The third-order valence-electron chi connectivity index (χ3n) is 3.58. The van der Waals surface area contributed by atoms with E-state index in [9.17, 15) is 0 Å². The molecule has 1 aromatic carbocycles. The van der Waals surface area contributed by atoms with Crippen LogP contribution in [-0.2, 0) is 7.05 Å². The molecular weight excluding hydrogens is 278 g/mol. The number of nitrogens with zero attached hydrogens (tertiary/aromatic N) is 2. The van der Waals surface area contributed by atoms with Gasteiger partial charge in [0.15, 0.2) is 0 Å². The average Bonchev–Trinajstić information content (AvgIpc) is 2.67. The number of rotatable bonds is 1. The zero-order valence-electron chi connectivity index (χ0n) is 9.91. The Kier molecular flexibility index (Phi) is 2.92. The lowest BCUT2D eigenvalue weighted by atomic mass is 9.97. The van der Waals surface area contributed by atoms with E-state index in [1.807, 2.05) is 0 Å². The second kappa shape index (κ2) is 4.42. The topological polar surface area (TPSA) is 29.9 Å². The van der Waals surface area contributed by atoms with E-state index >= 15 is 0 Å². The predicted octanol–water partition coefficient (Wildman–Crippen LogP) is 2.80. The summed E-state index contributed by atoms with van der Waals surface area (Å²) in [6, 6.07) is 6.31. The van der Waals surface area contributed by atoms with Crippen molar-refractivity contribution in [1.29, 1.82) is 0 Å². The van der Waals surface area contributed by atoms with Crippen LogP contribution in [0.2, 0.25) is 0 Å². The summed E-state index contributed by atoms with van der Waals surface area (Å²) in [4.78, 5) is 4.80. The average molecular weight is 294 g/mol. The van der Waals surface area contributed by atoms with Crippen LogP contribution in [0.4, 0.5) is 0 Å². The Labute approximate surface area is 109 Å². The molecule has 1 aliphatic heterocycles. The standard InChI is InChI=1S/C13H16BrN3/c1-17-12-3-2-10(14)8-11(12)16-13(17)9-4-6-15-7-5-9/h2-3,8-9,15H,4-7H2,1H3. The Morgan fingerprint density at radius 1 is 1.35 bits per heavy atom. The van der Waals surface area contributed by atoms with E-state index in [1.54, 1.807) is 0 Å². The van der Waals surface area contributed by atoms with E-state index in [4.69, 9.17) is 4.98 Å². The number of aromatic nitrogens is 2. The first-order valence-electron chi connectivity index (χ1n) is 6.08. The lowest BCUT2D eigenvalue weighted by molar-refractivity contribution is 0.438. The second-order valence-electron chi connectivity index (χ2n) is 4.69. The zero-order valence-corrected chi connectivity index (χ0v) is 11.5. The van der Waals surface area contributed by atoms with Crippen LogP contribution >= 0.6 is 15.9 Å². The molecule has 0 radical (unpaired) electrons. The van der Waals surface area contributed by atoms with Gasteiger partial charge in [-0.2, -0.15) is 0 Å². The fourth-order valence-electron chi connectivity index (χ4n) is 2.64. The molecular formula is C13H16BrN3. The van der Waals surface area contributed by atoms with E-state index in [0.717, 1.165) is 23.1 Å². The number of benzene rings is 1. The van der Waals surface area contributed by atoms with Crippen LogP contribution < -0.4 is 5.32 Å². The largest absolute Gasteiger partial charge is 0.331 e. The molecule has 0 atom stereocenters. The molecule has 0 unspecified atom stereocenters. The Morgan fingerprint density at radius 2 is 2.12 bits per heavy atom. The third-order valence-corrected chi connectivity index (χ3v) is 4.08. The quantitative estimate of drug-likeness (QED) is 0.876. The molecule has 4 heteroatoms. The van der Waals surface area contributed by atoms with Gasteiger partial charge in [0.2, 0.25) is 0 Å². The number of aryl methyl sites for hydroxylation is 1. The molecule has 17 heavy (non-hydrogen) atoms. The van der Waals surface area contributed by atoms with Crippen molar-refractivity contribution in [3.8, 4) is 0 Å². The number of hydrogen-bond donors (Lipinski definition) is 1. The first kappa shape index (κ1) is 11.2. The van der Waals surface area contributed by atoms with Crippen LogP contribution in [0.15, 0.2) is 22.7 Å². The summed E-state index contributed by atoms with van der Waals surface area (Å²) < 4.78 is 3.34. The van der Waals surface area contributed by atoms with Gasteiger partial charge >= 0.3 is 0 Å². The molecule has 1 aromatic heterocycles. The minimum absolute atomic E-state index is 0.604. The summed E-state index contributed by atoms with van der Waals surface area (Å²) in [5.74, 6) is 1.84. The van der Waals surface area contributed by atoms with Gasteiger partial charge < -0.3 is 9.88 Å². The zero-order chi connectivity index (χ0) is 11.8. The Morgan fingerprint density at radius 3 is 2.88 bits per heavy atom. The highest BCUT2D eigenvalue weighted by atomic mass is 79.9. The molecule has 3 nitrogen and oxygen atoms in total. The molecule has 0 amide bonds. The summed E-state index contributed by atoms with van der Waals surface area (Å²) in [7, 11) is 2.13. The Bertz CT molecular complexity index is 541. The van der Waals surface area contributed by atoms with Gasteiger partial charge in [-0.1, -0.05) is 15.9 Å². The summed E-state index contributed by atoms with van der Waals surface area (Å²) >= 11 is 3.50. The highest BCUT2D eigenvalue weighted by molar-refractivity contribution is 9.10.